The van der Waals surface area contributed by atoms with Crippen molar-refractivity contribution in [2.45, 2.75) is 74.3 Å². The van der Waals surface area contributed by atoms with Crippen LogP contribution in [0.4, 0.5) is 0 Å². The Kier molecular flexibility index (Phi) is 8.75. The third kappa shape index (κ3) is 5.69. The smallest absolute Gasteiger partial charge is 0.315 e. The summed E-state index contributed by atoms with van der Waals surface area (Å²) >= 11 is 0. The van der Waals surface area contributed by atoms with E-state index in [0.29, 0.717) is 5.56 Å². The van der Waals surface area contributed by atoms with Crippen molar-refractivity contribution in [3.05, 3.63) is 35.9 Å². The average Bonchev–Trinajstić information content (AvgIpc) is 2.83. The average molecular weight is 474 g/mol. The molecule has 12 heteroatoms. The van der Waals surface area contributed by atoms with Gasteiger partial charge in [-0.2, -0.15) is 0 Å². The van der Waals surface area contributed by atoms with Crippen molar-refractivity contribution in [1.82, 2.24) is 0 Å². The van der Waals surface area contributed by atoms with E-state index in [-0.39, 0.29) is 0 Å². The minimum Gasteiger partial charge on any atom is -0.432 e. The van der Waals surface area contributed by atoms with Crippen LogP contribution in [0.25, 0.3) is 0 Å². The molecule has 0 radical (unpaired) electrons. The molecule has 11 atom stereocenters. The Hall–Kier alpha value is -1.71. The van der Waals surface area contributed by atoms with Gasteiger partial charge in [-0.05, 0) is 12.5 Å². The summed E-state index contributed by atoms with van der Waals surface area (Å²) in [5.74, 6) is -1.43. The molecule has 1 aromatic carbocycles. The lowest BCUT2D eigenvalue weighted by atomic mass is 9.98. The molecule has 186 valence electrons. The lowest BCUT2D eigenvalue weighted by Gasteiger charge is -2.42. The lowest BCUT2D eigenvalue weighted by molar-refractivity contribution is -0.327. The quantitative estimate of drug-likeness (QED) is 0.198. The maximum absolute atomic E-state index is 12.5. The van der Waals surface area contributed by atoms with Gasteiger partial charge in [0.2, 0.25) is 6.29 Å². The zero-order valence-corrected chi connectivity index (χ0v) is 17.8. The lowest BCUT2D eigenvalue weighted by Crippen LogP contribution is -2.62. The Balaban J connectivity index is 1.62. The van der Waals surface area contributed by atoms with Crippen LogP contribution in [0.5, 0.6) is 0 Å². The highest BCUT2D eigenvalue weighted by Gasteiger charge is 2.48. The van der Waals surface area contributed by atoms with E-state index in [4.69, 9.17) is 18.9 Å². The molecule has 3 rings (SSSR count). The highest BCUT2D eigenvalue weighted by Crippen LogP contribution is 2.27. The first-order valence-corrected chi connectivity index (χ1v) is 10.5. The summed E-state index contributed by atoms with van der Waals surface area (Å²) in [7, 11) is 0. The molecule has 2 fully saturated rings. The van der Waals surface area contributed by atoms with Crippen LogP contribution in [0, 0.1) is 0 Å². The van der Waals surface area contributed by atoms with Crippen LogP contribution in [-0.2, 0) is 23.7 Å². The van der Waals surface area contributed by atoms with Crippen LogP contribution in [0.1, 0.15) is 18.4 Å². The highest BCUT2D eigenvalue weighted by atomic mass is 16.7. The monoisotopic (exact) mass is 474 g/mol. The number of hydrogen-bond donors (Lipinski definition) is 7. The van der Waals surface area contributed by atoms with Crippen molar-refractivity contribution in [1.29, 1.82) is 0 Å². The topological polar surface area (TPSA) is 196 Å². The molecule has 1 aromatic rings. The minimum absolute atomic E-state index is 0.518. The first-order chi connectivity index (χ1) is 15.6. The molecule has 2 heterocycles. The second kappa shape index (κ2) is 11.1. The van der Waals surface area contributed by atoms with Crippen LogP contribution in [-0.4, -0.2) is 116 Å². The van der Waals surface area contributed by atoms with Gasteiger partial charge in [-0.25, -0.2) is 0 Å². The Morgan fingerprint density at radius 1 is 0.848 bits per heavy atom. The Labute approximate surface area is 189 Å². The molecule has 0 bridgehead atoms. The van der Waals surface area contributed by atoms with Gasteiger partial charge >= 0.3 is 5.97 Å². The summed E-state index contributed by atoms with van der Waals surface area (Å²) in [6, 6.07) is 8.72. The van der Waals surface area contributed by atoms with E-state index in [9.17, 15) is 40.5 Å². The zero-order valence-electron chi connectivity index (χ0n) is 17.8. The molecule has 2 aliphatic heterocycles. The van der Waals surface area contributed by atoms with Gasteiger partial charge in [0.15, 0.2) is 6.29 Å². The van der Waals surface area contributed by atoms with Crippen molar-refractivity contribution in [3.8, 4) is 0 Å². The van der Waals surface area contributed by atoms with Crippen LogP contribution in [0.2, 0.25) is 0 Å². The number of carbonyl (C=O) groups excluding carboxylic acids is 1. The summed E-state index contributed by atoms with van der Waals surface area (Å²) in [5.41, 5.74) is 0.663. The number of aliphatic hydroxyl groups excluding tert-OH is 7. The summed E-state index contributed by atoms with van der Waals surface area (Å²) in [5, 5.41) is 69.6. The predicted molar refractivity (Wildman–Crippen MR) is 107 cm³/mol. The number of ether oxygens (including phenoxy) is 4. The van der Waals surface area contributed by atoms with Crippen molar-refractivity contribution in [3.63, 3.8) is 0 Å². The standard InChI is InChI=1S/C21H30O12/c1-9(10-5-3-2-4-6-10)19(29)33-21-18(28)16(26)14(24)12(32-21)8-30-20-17(27)15(25)13(23)11(7-22)31-20/h2-6,9,11-18,20-28H,7-8H2,1H3. The Morgan fingerprint density at radius 2 is 1.39 bits per heavy atom. The third-order valence-corrected chi connectivity index (χ3v) is 5.83. The molecule has 12 nitrogen and oxygen atoms in total. The van der Waals surface area contributed by atoms with Crippen molar-refractivity contribution >= 4 is 5.97 Å². The fourth-order valence-electron chi connectivity index (χ4n) is 3.64. The second-order valence-electron chi connectivity index (χ2n) is 8.11. The molecule has 33 heavy (non-hydrogen) atoms. The summed E-state index contributed by atoms with van der Waals surface area (Å²) in [4.78, 5) is 12.5. The number of esters is 1. The normalized spacial score (nSPS) is 40.2. The van der Waals surface area contributed by atoms with Crippen molar-refractivity contribution in [2.24, 2.45) is 0 Å². The summed E-state index contributed by atoms with van der Waals surface area (Å²) in [6.07, 6.45) is -15.7. The number of benzene rings is 1. The molecule has 0 saturated carbocycles. The van der Waals surface area contributed by atoms with Gasteiger partial charge in [0, 0.05) is 0 Å². The Morgan fingerprint density at radius 3 is 2.00 bits per heavy atom. The second-order valence-corrected chi connectivity index (χ2v) is 8.11. The maximum Gasteiger partial charge on any atom is 0.315 e. The first kappa shape index (κ1) is 25.9. The van der Waals surface area contributed by atoms with Gasteiger partial charge in [0.05, 0.1) is 19.1 Å². The minimum atomic E-state index is -1.74. The molecular formula is C21H30O12. The molecular weight excluding hydrogens is 444 g/mol. The molecule has 0 amide bonds. The van der Waals surface area contributed by atoms with E-state index < -0.39 is 86.5 Å². The number of hydrogen-bond acceptors (Lipinski definition) is 12. The first-order valence-electron chi connectivity index (χ1n) is 10.5. The molecule has 0 aromatic heterocycles. The molecule has 11 unspecified atom stereocenters. The SMILES string of the molecule is CC(C(=O)OC1OC(COC2OC(CO)C(O)C(O)C2O)C(O)C(O)C1O)c1ccccc1. The highest BCUT2D eigenvalue weighted by molar-refractivity contribution is 5.77. The molecule has 7 N–H and O–H groups in total. The fourth-order valence-corrected chi connectivity index (χ4v) is 3.64. The maximum atomic E-state index is 12.5. The van der Waals surface area contributed by atoms with E-state index in [1.807, 2.05) is 0 Å². The number of carbonyl (C=O) groups is 1. The molecule has 0 aliphatic carbocycles. The van der Waals surface area contributed by atoms with Gasteiger partial charge in [-0.15, -0.1) is 0 Å². The van der Waals surface area contributed by atoms with Gasteiger partial charge < -0.3 is 54.7 Å². The number of aliphatic hydroxyl groups is 7. The van der Waals surface area contributed by atoms with Gasteiger partial charge in [0.1, 0.15) is 48.8 Å². The molecule has 2 saturated heterocycles. The van der Waals surface area contributed by atoms with E-state index in [2.05, 4.69) is 0 Å². The van der Waals surface area contributed by atoms with Crippen LogP contribution in [0.15, 0.2) is 30.3 Å². The largest absolute Gasteiger partial charge is 0.432 e. The molecule has 0 spiro atoms. The van der Waals surface area contributed by atoms with Crippen LogP contribution in [0.3, 0.4) is 0 Å². The summed E-state index contributed by atoms with van der Waals surface area (Å²) in [6.45, 7) is 0.420. The van der Waals surface area contributed by atoms with Crippen LogP contribution >= 0.6 is 0 Å². The third-order valence-electron chi connectivity index (χ3n) is 5.83. The van der Waals surface area contributed by atoms with E-state index in [1.54, 1.807) is 37.3 Å². The number of rotatable bonds is 7. The van der Waals surface area contributed by atoms with Crippen molar-refractivity contribution in [2.75, 3.05) is 13.2 Å². The zero-order chi connectivity index (χ0) is 24.3. The van der Waals surface area contributed by atoms with Gasteiger partial charge in [-0.1, -0.05) is 30.3 Å². The Bertz CT molecular complexity index is 761. The fraction of sp³-hybridized carbons (Fsp3) is 0.667. The van der Waals surface area contributed by atoms with Crippen molar-refractivity contribution < 1.29 is 59.5 Å². The molecule has 2 aliphatic rings. The summed E-state index contributed by atoms with van der Waals surface area (Å²) < 4.78 is 21.2. The van der Waals surface area contributed by atoms with E-state index in [0.717, 1.165) is 0 Å². The predicted octanol–water partition coefficient (Wildman–Crippen LogP) is -3.04. The van der Waals surface area contributed by atoms with Gasteiger partial charge in [0.25, 0.3) is 0 Å². The van der Waals surface area contributed by atoms with E-state index in [1.165, 1.54) is 0 Å². The van der Waals surface area contributed by atoms with Gasteiger partial charge in [-0.3, -0.25) is 4.79 Å². The van der Waals surface area contributed by atoms with E-state index >= 15 is 0 Å². The van der Waals surface area contributed by atoms with Crippen LogP contribution < -0.4 is 0 Å².